The smallest absolute Gasteiger partial charge is 0.237 e. The first kappa shape index (κ1) is 18.9. The molecule has 1 atom stereocenters. The standard InChI is InChI=1S/C18H24FN3O.ClH/c1-13(20-2)12-16-21-17(23-22-16)18(10-4-3-5-11-18)14-6-8-15(19)9-7-14;/h6-9,13,20H,3-5,10-12H2,1-2H3;1H. The number of aromatic nitrogens is 2. The maximum Gasteiger partial charge on any atom is 0.237 e. The largest absolute Gasteiger partial charge is 0.338 e. The number of likely N-dealkylation sites (N-methyl/N-ethyl adjacent to an activating group) is 1. The third kappa shape index (κ3) is 3.78. The monoisotopic (exact) mass is 353 g/mol. The molecule has 0 radical (unpaired) electrons. The minimum Gasteiger partial charge on any atom is -0.338 e. The van der Waals surface area contributed by atoms with Crippen molar-refractivity contribution in [2.24, 2.45) is 0 Å². The fraction of sp³-hybridized carbons (Fsp3) is 0.556. The predicted octanol–water partition coefficient (Wildman–Crippen LogP) is 4.03. The molecule has 0 bridgehead atoms. The molecule has 1 fully saturated rings. The summed E-state index contributed by atoms with van der Waals surface area (Å²) in [7, 11) is 1.92. The molecule has 2 aromatic rings. The van der Waals surface area contributed by atoms with Crippen LogP contribution in [0.5, 0.6) is 0 Å². The topological polar surface area (TPSA) is 51.0 Å². The first-order valence-electron chi connectivity index (χ1n) is 8.40. The summed E-state index contributed by atoms with van der Waals surface area (Å²) >= 11 is 0. The summed E-state index contributed by atoms with van der Waals surface area (Å²) in [5, 5.41) is 7.35. The molecule has 0 saturated heterocycles. The second kappa shape index (κ2) is 8.08. The Balaban J connectivity index is 0.00000208. The van der Waals surface area contributed by atoms with Gasteiger partial charge in [-0.3, -0.25) is 0 Å². The average molecular weight is 354 g/mol. The summed E-state index contributed by atoms with van der Waals surface area (Å²) in [4.78, 5) is 4.68. The van der Waals surface area contributed by atoms with E-state index in [2.05, 4.69) is 22.4 Å². The molecule has 1 aliphatic rings. The quantitative estimate of drug-likeness (QED) is 0.881. The van der Waals surface area contributed by atoms with E-state index in [-0.39, 0.29) is 23.6 Å². The van der Waals surface area contributed by atoms with Gasteiger partial charge in [0, 0.05) is 12.5 Å². The van der Waals surface area contributed by atoms with Crippen LogP contribution >= 0.6 is 12.4 Å². The first-order valence-corrected chi connectivity index (χ1v) is 8.40. The van der Waals surface area contributed by atoms with E-state index in [0.29, 0.717) is 11.9 Å². The minimum atomic E-state index is -0.264. The van der Waals surface area contributed by atoms with Crippen LogP contribution in [0.15, 0.2) is 28.8 Å². The van der Waals surface area contributed by atoms with Gasteiger partial charge in [-0.2, -0.15) is 4.98 Å². The third-order valence-electron chi connectivity index (χ3n) is 4.96. The van der Waals surface area contributed by atoms with Crippen LogP contribution in [0, 0.1) is 5.82 Å². The second-order valence-corrected chi connectivity index (χ2v) is 6.56. The summed E-state index contributed by atoms with van der Waals surface area (Å²) in [6, 6.07) is 7.06. The van der Waals surface area contributed by atoms with E-state index < -0.39 is 0 Å². The van der Waals surface area contributed by atoms with Crippen LogP contribution in [0.1, 0.15) is 56.3 Å². The van der Waals surface area contributed by atoms with Gasteiger partial charge in [0.15, 0.2) is 5.82 Å². The second-order valence-electron chi connectivity index (χ2n) is 6.56. The van der Waals surface area contributed by atoms with E-state index in [1.807, 2.05) is 19.2 Å². The lowest BCUT2D eigenvalue weighted by atomic mass is 9.69. The normalized spacial score (nSPS) is 18.0. The fourth-order valence-corrected chi connectivity index (χ4v) is 3.46. The Morgan fingerprint density at radius 1 is 1.21 bits per heavy atom. The average Bonchev–Trinajstić information content (AvgIpc) is 3.05. The van der Waals surface area contributed by atoms with Crippen molar-refractivity contribution in [2.45, 2.75) is 56.9 Å². The number of hydrogen-bond acceptors (Lipinski definition) is 4. The van der Waals surface area contributed by atoms with Gasteiger partial charge in [0.2, 0.25) is 5.89 Å². The number of hydrogen-bond donors (Lipinski definition) is 1. The lowest BCUT2D eigenvalue weighted by molar-refractivity contribution is 0.250. The van der Waals surface area contributed by atoms with Crippen LogP contribution < -0.4 is 5.32 Å². The van der Waals surface area contributed by atoms with Crippen molar-refractivity contribution in [1.82, 2.24) is 15.5 Å². The van der Waals surface area contributed by atoms with Crippen LogP contribution in [-0.4, -0.2) is 23.2 Å². The highest BCUT2D eigenvalue weighted by molar-refractivity contribution is 5.85. The van der Waals surface area contributed by atoms with Gasteiger partial charge in [0.05, 0.1) is 5.41 Å². The maximum atomic E-state index is 13.3. The highest BCUT2D eigenvalue weighted by Crippen LogP contribution is 2.44. The van der Waals surface area contributed by atoms with Crippen LogP contribution in [0.2, 0.25) is 0 Å². The van der Waals surface area contributed by atoms with Crippen molar-refractivity contribution >= 4 is 12.4 Å². The van der Waals surface area contributed by atoms with Crippen molar-refractivity contribution in [3.8, 4) is 0 Å². The van der Waals surface area contributed by atoms with Gasteiger partial charge in [-0.1, -0.05) is 36.6 Å². The van der Waals surface area contributed by atoms with Gasteiger partial charge in [-0.15, -0.1) is 12.4 Å². The predicted molar refractivity (Wildman–Crippen MR) is 94.0 cm³/mol. The number of nitrogens with one attached hydrogen (secondary N) is 1. The lowest BCUT2D eigenvalue weighted by Gasteiger charge is -2.34. The zero-order valence-electron chi connectivity index (χ0n) is 14.2. The Labute approximate surface area is 148 Å². The molecule has 4 nitrogen and oxygen atoms in total. The van der Waals surface area contributed by atoms with E-state index >= 15 is 0 Å². The Kier molecular flexibility index (Phi) is 6.35. The van der Waals surface area contributed by atoms with Crippen molar-refractivity contribution in [3.63, 3.8) is 0 Å². The Morgan fingerprint density at radius 2 is 1.88 bits per heavy atom. The molecule has 1 unspecified atom stereocenters. The van der Waals surface area contributed by atoms with Crippen LogP contribution in [0.25, 0.3) is 0 Å². The molecule has 132 valence electrons. The summed E-state index contributed by atoms with van der Waals surface area (Å²) < 4.78 is 19.0. The van der Waals surface area contributed by atoms with Crippen LogP contribution in [0.3, 0.4) is 0 Å². The van der Waals surface area contributed by atoms with Gasteiger partial charge < -0.3 is 9.84 Å². The van der Waals surface area contributed by atoms with E-state index in [4.69, 9.17) is 4.52 Å². The summed E-state index contributed by atoms with van der Waals surface area (Å²) in [6.07, 6.45) is 6.16. The summed E-state index contributed by atoms with van der Waals surface area (Å²) in [5.41, 5.74) is 0.815. The molecule has 1 aromatic heterocycles. The number of benzene rings is 1. The molecule has 1 aromatic carbocycles. The van der Waals surface area contributed by atoms with Gasteiger partial charge in [0.1, 0.15) is 5.82 Å². The molecule has 1 saturated carbocycles. The molecule has 6 heteroatoms. The van der Waals surface area contributed by atoms with Crippen LogP contribution in [0.4, 0.5) is 4.39 Å². The molecule has 0 amide bonds. The molecular weight excluding hydrogens is 329 g/mol. The number of halogens is 2. The fourth-order valence-electron chi connectivity index (χ4n) is 3.46. The molecular formula is C18H25ClFN3O. The van der Waals surface area contributed by atoms with Crippen LogP contribution in [-0.2, 0) is 11.8 Å². The first-order chi connectivity index (χ1) is 11.1. The van der Waals surface area contributed by atoms with Gasteiger partial charge >= 0.3 is 0 Å². The molecule has 1 aliphatic carbocycles. The molecule has 0 aliphatic heterocycles. The SMILES string of the molecule is CNC(C)Cc1noc(C2(c3ccc(F)cc3)CCCCC2)n1.Cl. The third-order valence-corrected chi connectivity index (χ3v) is 4.96. The van der Waals surface area contributed by atoms with E-state index in [1.54, 1.807) is 0 Å². The number of nitrogens with zero attached hydrogens (tertiary/aromatic N) is 2. The molecule has 1 heterocycles. The van der Waals surface area contributed by atoms with Crippen molar-refractivity contribution in [2.75, 3.05) is 7.05 Å². The maximum absolute atomic E-state index is 13.3. The van der Waals surface area contributed by atoms with Gasteiger partial charge in [0.25, 0.3) is 0 Å². The summed E-state index contributed by atoms with van der Waals surface area (Å²) in [6.45, 7) is 2.09. The lowest BCUT2D eigenvalue weighted by Crippen LogP contribution is -2.31. The zero-order chi connectivity index (χ0) is 16.3. The van der Waals surface area contributed by atoms with E-state index in [9.17, 15) is 4.39 Å². The Hall–Kier alpha value is -1.46. The van der Waals surface area contributed by atoms with Gasteiger partial charge in [-0.05, 0) is 44.5 Å². The summed E-state index contributed by atoms with van der Waals surface area (Å²) in [5.74, 6) is 1.20. The zero-order valence-corrected chi connectivity index (χ0v) is 15.0. The highest BCUT2D eigenvalue weighted by Gasteiger charge is 2.40. The number of rotatable bonds is 5. The van der Waals surface area contributed by atoms with Crippen molar-refractivity contribution in [3.05, 3.63) is 47.4 Å². The molecule has 24 heavy (non-hydrogen) atoms. The molecule has 1 N–H and O–H groups in total. The van der Waals surface area contributed by atoms with E-state index in [1.165, 1.54) is 18.6 Å². The highest BCUT2D eigenvalue weighted by atomic mass is 35.5. The van der Waals surface area contributed by atoms with Crippen molar-refractivity contribution < 1.29 is 8.91 Å². The Morgan fingerprint density at radius 3 is 2.50 bits per heavy atom. The Bertz CT molecular complexity index is 638. The molecule has 0 spiro atoms. The van der Waals surface area contributed by atoms with Crippen molar-refractivity contribution in [1.29, 1.82) is 0 Å². The minimum absolute atomic E-state index is 0. The van der Waals surface area contributed by atoms with E-state index in [0.717, 1.165) is 43.5 Å². The van der Waals surface area contributed by atoms with Gasteiger partial charge in [-0.25, -0.2) is 4.39 Å². The molecule has 3 rings (SSSR count).